The molecule has 15 heavy (non-hydrogen) atoms. The third-order valence-corrected chi connectivity index (χ3v) is 1.61. The average molecular weight is 202 g/mol. The van der Waals surface area contributed by atoms with Crippen molar-refractivity contribution in [3.63, 3.8) is 0 Å². The molecule has 0 rings (SSSR count). The maximum atomic E-state index is 4.24. The summed E-state index contributed by atoms with van der Waals surface area (Å²) >= 11 is 0. The highest BCUT2D eigenvalue weighted by atomic mass is 14.8. The number of hydrogen-bond donors (Lipinski definition) is 0. The highest BCUT2D eigenvalue weighted by molar-refractivity contribution is 6.45. The molecule has 0 heterocycles. The fourth-order valence-corrected chi connectivity index (χ4v) is 0.814. The van der Waals surface area contributed by atoms with Gasteiger partial charge in [0.05, 0.1) is 11.4 Å². The summed E-state index contributed by atoms with van der Waals surface area (Å²) in [7, 11) is 0. The standard InChI is InChI=1S/C13H18N2/c1-5-8-10-14-12(4)13(7-3)15-11-9-6-2/h5,7-11H,1,3,6H2,2,4H3/b10-8-,11-9-,14-12?,15-13?. The van der Waals surface area contributed by atoms with Crippen LogP contribution in [0.5, 0.6) is 0 Å². The zero-order valence-corrected chi connectivity index (χ0v) is 9.48. The van der Waals surface area contributed by atoms with Gasteiger partial charge in [-0.1, -0.05) is 32.2 Å². The minimum Gasteiger partial charge on any atom is -0.259 e. The van der Waals surface area contributed by atoms with Gasteiger partial charge in [0, 0.05) is 12.4 Å². The highest BCUT2D eigenvalue weighted by Gasteiger charge is 1.95. The molecule has 0 aliphatic carbocycles. The molecule has 0 radical (unpaired) electrons. The second-order valence-electron chi connectivity index (χ2n) is 2.80. The van der Waals surface area contributed by atoms with Gasteiger partial charge in [0.1, 0.15) is 0 Å². The van der Waals surface area contributed by atoms with Gasteiger partial charge in [-0.15, -0.1) is 0 Å². The predicted molar refractivity (Wildman–Crippen MR) is 69.5 cm³/mol. The molecule has 0 saturated heterocycles. The molecule has 0 bridgehead atoms. The summed E-state index contributed by atoms with van der Waals surface area (Å²) in [5.41, 5.74) is 1.62. The van der Waals surface area contributed by atoms with Crippen molar-refractivity contribution >= 4 is 11.4 Å². The zero-order valence-electron chi connectivity index (χ0n) is 9.48. The van der Waals surface area contributed by atoms with E-state index in [2.05, 4.69) is 30.1 Å². The normalized spacial score (nSPS) is 13.7. The van der Waals surface area contributed by atoms with Crippen LogP contribution in [0.15, 0.2) is 59.8 Å². The molecule has 0 aromatic carbocycles. The Labute approximate surface area is 92.2 Å². The first-order chi connectivity index (χ1) is 7.26. The van der Waals surface area contributed by atoms with Crippen LogP contribution in [0.2, 0.25) is 0 Å². The third kappa shape index (κ3) is 6.38. The fourth-order valence-electron chi connectivity index (χ4n) is 0.814. The summed E-state index contributed by atoms with van der Waals surface area (Å²) < 4.78 is 0. The van der Waals surface area contributed by atoms with Crippen molar-refractivity contribution in [1.29, 1.82) is 0 Å². The summed E-state index contributed by atoms with van der Waals surface area (Å²) in [5, 5.41) is 0. The van der Waals surface area contributed by atoms with E-state index in [1.807, 2.05) is 13.0 Å². The lowest BCUT2D eigenvalue weighted by atomic mass is 10.2. The fraction of sp³-hybridized carbons (Fsp3) is 0.231. The van der Waals surface area contributed by atoms with Crippen molar-refractivity contribution in [2.75, 3.05) is 0 Å². The molecule has 0 saturated carbocycles. The molecule has 0 aromatic rings. The minimum absolute atomic E-state index is 0.786. The molecule has 0 unspecified atom stereocenters. The molecular weight excluding hydrogens is 184 g/mol. The van der Waals surface area contributed by atoms with E-state index in [1.165, 1.54) is 0 Å². The maximum absolute atomic E-state index is 4.24. The van der Waals surface area contributed by atoms with E-state index >= 15 is 0 Å². The summed E-state index contributed by atoms with van der Waals surface area (Å²) in [5.74, 6) is 0. The van der Waals surface area contributed by atoms with Gasteiger partial charge in [-0.2, -0.15) is 0 Å². The van der Waals surface area contributed by atoms with E-state index in [0.717, 1.165) is 17.8 Å². The lowest BCUT2D eigenvalue weighted by Crippen LogP contribution is -2.05. The molecule has 0 N–H and O–H groups in total. The molecule has 0 atom stereocenters. The van der Waals surface area contributed by atoms with Crippen LogP contribution in [-0.2, 0) is 0 Å². The van der Waals surface area contributed by atoms with Crippen LogP contribution in [0, 0.1) is 0 Å². The monoisotopic (exact) mass is 202 g/mol. The average Bonchev–Trinajstić information content (AvgIpc) is 2.24. The van der Waals surface area contributed by atoms with Gasteiger partial charge in [0.2, 0.25) is 0 Å². The molecule has 0 amide bonds. The first-order valence-corrected chi connectivity index (χ1v) is 4.93. The third-order valence-electron chi connectivity index (χ3n) is 1.61. The van der Waals surface area contributed by atoms with Crippen molar-refractivity contribution in [3.8, 4) is 0 Å². The largest absolute Gasteiger partial charge is 0.259 e. The SMILES string of the molecule is C=C/C=C\N=C(C)C(C=C)=N/C=C\CC. The molecule has 2 heteroatoms. The Hall–Kier alpha value is -1.70. The Kier molecular flexibility index (Phi) is 7.87. The number of hydrogen-bond acceptors (Lipinski definition) is 2. The summed E-state index contributed by atoms with van der Waals surface area (Å²) in [6.07, 6.45) is 11.6. The van der Waals surface area contributed by atoms with Crippen molar-refractivity contribution in [2.24, 2.45) is 9.98 Å². The molecule has 0 aliphatic rings. The van der Waals surface area contributed by atoms with Crippen LogP contribution in [0.25, 0.3) is 0 Å². The second kappa shape index (κ2) is 8.88. The number of rotatable bonds is 6. The van der Waals surface area contributed by atoms with Gasteiger partial charge in [-0.05, 0) is 25.5 Å². The summed E-state index contributed by atoms with van der Waals surface area (Å²) in [6, 6.07) is 0. The number of nitrogens with zero attached hydrogens (tertiary/aromatic N) is 2. The van der Waals surface area contributed by atoms with E-state index in [9.17, 15) is 0 Å². The van der Waals surface area contributed by atoms with Crippen molar-refractivity contribution in [2.45, 2.75) is 20.3 Å². The molecule has 0 fully saturated rings. The lowest BCUT2D eigenvalue weighted by Gasteiger charge is -1.96. The smallest absolute Gasteiger partial charge is 0.0835 e. The Morgan fingerprint density at radius 2 is 1.93 bits per heavy atom. The first kappa shape index (κ1) is 13.3. The Balaban J connectivity index is 4.66. The first-order valence-electron chi connectivity index (χ1n) is 4.93. The van der Waals surface area contributed by atoms with Gasteiger partial charge in [0.15, 0.2) is 0 Å². The van der Waals surface area contributed by atoms with Crippen LogP contribution in [0.3, 0.4) is 0 Å². The number of allylic oxidation sites excluding steroid dienone is 4. The Morgan fingerprint density at radius 1 is 1.20 bits per heavy atom. The second-order valence-corrected chi connectivity index (χ2v) is 2.80. The maximum Gasteiger partial charge on any atom is 0.0835 e. The van der Waals surface area contributed by atoms with Crippen LogP contribution in [0.1, 0.15) is 20.3 Å². The molecule has 0 spiro atoms. The van der Waals surface area contributed by atoms with Crippen LogP contribution in [-0.4, -0.2) is 11.4 Å². The van der Waals surface area contributed by atoms with Crippen LogP contribution in [0.4, 0.5) is 0 Å². The van der Waals surface area contributed by atoms with Gasteiger partial charge < -0.3 is 0 Å². The van der Waals surface area contributed by atoms with Crippen LogP contribution < -0.4 is 0 Å². The lowest BCUT2D eigenvalue weighted by molar-refractivity contribution is 1.21. The summed E-state index contributed by atoms with van der Waals surface area (Å²) in [6.45, 7) is 11.2. The Morgan fingerprint density at radius 3 is 2.47 bits per heavy atom. The van der Waals surface area contributed by atoms with Gasteiger partial charge in [0.25, 0.3) is 0 Å². The van der Waals surface area contributed by atoms with Gasteiger partial charge in [-0.3, -0.25) is 9.98 Å². The predicted octanol–water partition coefficient (Wildman–Crippen LogP) is 3.70. The van der Waals surface area contributed by atoms with E-state index in [4.69, 9.17) is 0 Å². The van der Waals surface area contributed by atoms with Crippen molar-refractivity contribution in [3.05, 3.63) is 49.9 Å². The summed E-state index contributed by atoms with van der Waals surface area (Å²) in [4.78, 5) is 8.43. The molecule has 80 valence electrons. The molecular formula is C13H18N2. The van der Waals surface area contributed by atoms with E-state index in [0.29, 0.717) is 0 Å². The Bertz CT molecular complexity index is 317. The molecule has 0 aliphatic heterocycles. The van der Waals surface area contributed by atoms with E-state index < -0.39 is 0 Å². The van der Waals surface area contributed by atoms with E-state index in [1.54, 1.807) is 30.6 Å². The van der Waals surface area contributed by atoms with Gasteiger partial charge >= 0.3 is 0 Å². The van der Waals surface area contributed by atoms with Gasteiger partial charge in [-0.25, -0.2) is 0 Å². The molecule has 0 aromatic heterocycles. The number of aliphatic imine (C=N–C) groups is 2. The van der Waals surface area contributed by atoms with Crippen molar-refractivity contribution in [1.82, 2.24) is 0 Å². The highest BCUT2D eigenvalue weighted by Crippen LogP contribution is 1.91. The molecule has 2 nitrogen and oxygen atoms in total. The van der Waals surface area contributed by atoms with Crippen molar-refractivity contribution < 1.29 is 0 Å². The minimum atomic E-state index is 0.786. The van der Waals surface area contributed by atoms with Crippen LogP contribution >= 0.6 is 0 Å². The quantitative estimate of drug-likeness (QED) is 0.463. The topological polar surface area (TPSA) is 24.7 Å². The zero-order chi connectivity index (χ0) is 11.5. The van der Waals surface area contributed by atoms with E-state index in [-0.39, 0.29) is 0 Å².